The van der Waals surface area contributed by atoms with Crippen molar-refractivity contribution in [2.75, 3.05) is 12.4 Å². The maximum atomic E-state index is 11.7. The maximum Gasteiger partial charge on any atom is 0.412 e. The molecule has 0 spiro atoms. The number of nitrogens with zero attached hydrogens (tertiary/aromatic N) is 1. The standard InChI is InChI=1S/C11H15BrN2O3/c1-11(2,3)17-10(15)14-7-5-9(12)13-6-8(7)16-4/h5-6H,1-4H3,(H,13,14,15)/i4D3. The zero-order valence-electron chi connectivity index (χ0n) is 12.7. The zero-order chi connectivity index (χ0) is 15.6. The third kappa shape index (κ3) is 4.60. The van der Waals surface area contributed by atoms with Gasteiger partial charge in [0.1, 0.15) is 10.2 Å². The molecule has 0 fully saturated rings. The van der Waals surface area contributed by atoms with E-state index < -0.39 is 18.7 Å². The van der Waals surface area contributed by atoms with Crippen LogP contribution in [0.4, 0.5) is 10.5 Å². The van der Waals surface area contributed by atoms with Crippen LogP contribution in [0.5, 0.6) is 5.75 Å². The van der Waals surface area contributed by atoms with E-state index in [1.807, 2.05) is 0 Å². The Hall–Kier alpha value is -1.30. The minimum Gasteiger partial charge on any atom is -0.493 e. The summed E-state index contributed by atoms with van der Waals surface area (Å²) >= 11 is 3.13. The third-order valence-corrected chi connectivity index (χ3v) is 2.01. The maximum absolute atomic E-state index is 11.7. The number of aromatic nitrogens is 1. The van der Waals surface area contributed by atoms with E-state index in [0.29, 0.717) is 4.60 Å². The largest absolute Gasteiger partial charge is 0.493 e. The van der Waals surface area contributed by atoms with E-state index in [0.717, 1.165) is 0 Å². The number of carbonyl (C=O) groups is 1. The average Bonchev–Trinajstić information content (AvgIpc) is 2.17. The van der Waals surface area contributed by atoms with Gasteiger partial charge >= 0.3 is 6.09 Å². The first-order valence-electron chi connectivity index (χ1n) is 6.31. The van der Waals surface area contributed by atoms with Gasteiger partial charge in [-0.2, -0.15) is 0 Å². The van der Waals surface area contributed by atoms with Gasteiger partial charge in [-0.1, -0.05) is 0 Å². The van der Waals surface area contributed by atoms with Crippen molar-refractivity contribution in [1.82, 2.24) is 4.98 Å². The molecule has 0 bridgehead atoms. The van der Waals surface area contributed by atoms with Crippen LogP contribution in [-0.2, 0) is 4.74 Å². The fraction of sp³-hybridized carbons (Fsp3) is 0.455. The lowest BCUT2D eigenvalue weighted by molar-refractivity contribution is 0.0635. The van der Waals surface area contributed by atoms with Gasteiger partial charge in [0.2, 0.25) is 0 Å². The molecule has 1 aromatic rings. The number of nitrogens with one attached hydrogen (secondary N) is 1. The Morgan fingerprint density at radius 1 is 1.59 bits per heavy atom. The molecule has 0 aliphatic carbocycles. The van der Waals surface area contributed by atoms with E-state index in [2.05, 4.69) is 26.2 Å². The van der Waals surface area contributed by atoms with Crippen molar-refractivity contribution in [1.29, 1.82) is 0 Å². The first-order chi connectivity index (χ1) is 8.96. The molecule has 1 aromatic heterocycles. The number of rotatable bonds is 2. The Labute approximate surface area is 113 Å². The average molecular weight is 306 g/mol. The summed E-state index contributed by atoms with van der Waals surface area (Å²) in [5.41, 5.74) is -0.517. The molecule has 0 saturated heterocycles. The zero-order valence-corrected chi connectivity index (χ0v) is 11.3. The topological polar surface area (TPSA) is 60.5 Å². The highest BCUT2D eigenvalue weighted by molar-refractivity contribution is 9.10. The van der Waals surface area contributed by atoms with Crippen molar-refractivity contribution in [2.24, 2.45) is 0 Å². The predicted octanol–water partition coefficient (Wildman–Crippen LogP) is 3.20. The van der Waals surface area contributed by atoms with E-state index in [1.54, 1.807) is 20.8 Å². The molecule has 0 aliphatic rings. The van der Waals surface area contributed by atoms with Crippen LogP contribution in [-0.4, -0.2) is 23.7 Å². The summed E-state index contributed by atoms with van der Waals surface area (Å²) in [5, 5.41) is 2.42. The van der Waals surface area contributed by atoms with Crippen molar-refractivity contribution in [2.45, 2.75) is 26.4 Å². The number of halogens is 1. The first-order valence-corrected chi connectivity index (χ1v) is 5.60. The molecule has 0 aliphatic heterocycles. The molecule has 5 nitrogen and oxygen atoms in total. The van der Waals surface area contributed by atoms with Gasteiger partial charge in [0.05, 0.1) is 23.0 Å². The Kier molecular flexibility index (Phi) is 3.06. The fourth-order valence-electron chi connectivity index (χ4n) is 1.01. The van der Waals surface area contributed by atoms with Gasteiger partial charge < -0.3 is 9.47 Å². The van der Waals surface area contributed by atoms with Crippen LogP contribution in [0.1, 0.15) is 24.9 Å². The molecule has 6 heteroatoms. The first kappa shape index (κ1) is 9.70. The highest BCUT2D eigenvalue weighted by Crippen LogP contribution is 2.26. The normalized spacial score (nSPS) is 14.2. The molecule has 0 unspecified atom stereocenters. The SMILES string of the molecule is [2H]C([2H])([2H])Oc1cnc(Br)cc1NC(=O)OC(C)(C)C. The molecule has 94 valence electrons. The van der Waals surface area contributed by atoms with E-state index in [4.69, 9.17) is 13.6 Å². The molecule has 1 rings (SSSR count). The van der Waals surface area contributed by atoms with Gasteiger partial charge in [0.25, 0.3) is 0 Å². The minimum absolute atomic E-state index is 0.0703. The number of methoxy groups -OCH3 is 1. The summed E-state index contributed by atoms with van der Waals surface area (Å²) in [6.45, 7) is 5.15. The van der Waals surface area contributed by atoms with Crippen LogP contribution in [0.25, 0.3) is 0 Å². The highest BCUT2D eigenvalue weighted by Gasteiger charge is 2.17. The van der Waals surface area contributed by atoms with Crippen LogP contribution in [0, 0.1) is 0 Å². The molecule has 0 radical (unpaired) electrons. The van der Waals surface area contributed by atoms with Gasteiger partial charge in [0.15, 0.2) is 5.75 Å². The van der Waals surface area contributed by atoms with Gasteiger partial charge in [0, 0.05) is 0 Å². The molecule has 1 amide bonds. The Morgan fingerprint density at radius 3 is 2.88 bits per heavy atom. The summed E-state index contributed by atoms with van der Waals surface area (Å²) < 4.78 is 31.5. The lowest BCUT2D eigenvalue weighted by Crippen LogP contribution is -2.27. The molecular formula is C11H15BrN2O3. The number of carbonyl (C=O) groups excluding carboxylic acids is 1. The quantitative estimate of drug-likeness (QED) is 0.852. The molecule has 17 heavy (non-hydrogen) atoms. The Balaban J connectivity index is 2.93. The molecule has 1 heterocycles. The van der Waals surface area contributed by atoms with Crippen LogP contribution in [0.2, 0.25) is 0 Å². The predicted molar refractivity (Wildman–Crippen MR) is 68.3 cm³/mol. The van der Waals surface area contributed by atoms with E-state index in [1.165, 1.54) is 12.3 Å². The van der Waals surface area contributed by atoms with E-state index in [9.17, 15) is 4.79 Å². The minimum atomic E-state index is -2.64. The number of amides is 1. The number of anilines is 1. The van der Waals surface area contributed by atoms with Crippen LogP contribution < -0.4 is 10.1 Å². The summed E-state index contributed by atoms with van der Waals surface area (Å²) in [4.78, 5) is 15.5. The molecule has 0 saturated carbocycles. The lowest BCUT2D eigenvalue weighted by atomic mass is 10.2. The van der Waals surface area contributed by atoms with Gasteiger partial charge in [-0.15, -0.1) is 0 Å². The van der Waals surface area contributed by atoms with Gasteiger partial charge in [-0.3, -0.25) is 5.32 Å². The summed E-state index contributed by atoms with van der Waals surface area (Å²) in [7, 11) is -2.64. The smallest absolute Gasteiger partial charge is 0.412 e. The molecule has 1 N–H and O–H groups in total. The van der Waals surface area contributed by atoms with Crippen molar-refractivity contribution in [3.63, 3.8) is 0 Å². The second kappa shape index (κ2) is 5.35. The molecular weight excluding hydrogens is 288 g/mol. The summed E-state index contributed by atoms with van der Waals surface area (Å²) in [6.07, 6.45) is 0.481. The second-order valence-corrected chi connectivity index (χ2v) is 5.04. The van der Waals surface area contributed by atoms with E-state index >= 15 is 0 Å². The van der Waals surface area contributed by atoms with Crippen LogP contribution in [0.3, 0.4) is 0 Å². The highest BCUT2D eigenvalue weighted by atomic mass is 79.9. The Bertz CT molecular complexity index is 501. The number of hydrogen-bond donors (Lipinski definition) is 1. The molecule has 0 aromatic carbocycles. The van der Waals surface area contributed by atoms with Crippen LogP contribution >= 0.6 is 15.9 Å². The van der Waals surface area contributed by atoms with Crippen molar-refractivity contribution in [3.8, 4) is 5.75 Å². The Morgan fingerprint density at radius 2 is 2.29 bits per heavy atom. The van der Waals surface area contributed by atoms with Gasteiger partial charge in [-0.05, 0) is 42.8 Å². The molecule has 0 atom stereocenters. The summed E-state index contributed by atoms with van der Waals surface area (Å²) in [6, 6.07) is 1.42. The van der Waals surface area contributed by atoms with Crippen LogP contribution in [0.15, 0.2) is 16.9 Å². The van der Waals surface area contributed by atoms with E-state index in [-0.39, 0.29) is 11.4 Å². The van der Waals surface area contributed by atoms with Crippen molar-refractivity contribution < 1.29 is 18.4 Å². The summed E-state index contributed by atoms with van der Waals surface area (Å²) in [5.74, 6) is -0.0703. The second-order valence-electron chi connectivity index (χ2n) is 4.23. The fourth-order valence-corrected chi connectivity index (χ4v) is 1.34. The third-order valence-electron chi connectivity index (χ3n) is 1.58. The number of pyridine rings is 1. The number of ether oxygens (including phenoxy) is 2. The number of hydrogen-bond acceptors (Lipinski definition) is 4. The van der Waals surface area contributed by atoms with Gasteiger partial charge in [-0.25, -0.2) is 9.78 Å². The lowest BCUT2D eigenvalue weighted by Gasteiger charge is -2.20. The van der Waals surface area contributed by atoms with Crippen molar-refractivity contribution in [3.05, 3.63) is 16.9 Å². The monoisotopic (exact) mass is 305 g/mol. The van der Waals surface area contributed by atoms with Crippen molar-refractivity contribution >= 4 is 27.7 Å².